The van der Waals surface area contributed by atoms with E-state index >= 15 is 0 Å². The van der Waals surface area contributed by atoms with Crippen LogP contribution in [0.5, 0.6) is 0 Å². The van der Waals surface area contributed by atoms with Crippen LogP contribution in [0.25, 0.3) is 0 Å². The molecule has 0 spiro atoms. The van der Waals surface area contributed by atoms with E-state index in [1.165, 1.54) is 0 Å². The molecule has 0 bridgehead atoms. The molecular weight excluding hydrogens is 402 g/mol. The minimum Gasteiger partial charge on any atom is -0.398 e. The van der Waals surface area contributed by atoms with Gasteiger partial charge in [0.05, 0.1) is 12.1 Å². The van der Waals surface area contributed by atoms with Gasteiger partial charge in [-0.05, 0) is 51.8 Å². The molecule has 4 N–H and O–H groups in total. The Morgan fingerprint density at radius 1 is 1.31 bits per heavy atom. The number of hydrogen-bond donors (Lipinski definition) is 3. The highest BCUT2D eigenvalue weighted by Gasteiger charge is 2.29. The van der Waals surface area contributed by atoms with Gasteiger partial charge in [-0.2, -0.15) is 0 Å². The number of ether oxygens (including phenoxy) is 1. The molecule has 0 saturated heterocycles. The van der Waals surface area contributed by atoms with Gasteiger partial charge in [-0.3, -0.25) is 4.79 Å². The molecule has 7 nitrogen and oxygen atoms in total. The molecule has 0 aliphatic carbocycles. The van der Waals surface area contributed by atoms with E-state index in [4.69, 9.17) is 10.5 Å². The van der Waals surface area contributed by atoms with Crippen LogP contribution in [0, 0.1) is 5.92 Å². The Morgan fingerprint density at radius 2 is 2.06 bits per heavy atom. The fourth-order valence-corrected chi connectivity index (χ4v) is 3.57. The molecule has 1 aliphatic heterocycles. The number of carbonyl (C=O) groups is 1. The number of anilines is 1. The Bertz CT molecular complexity index is 845. The van der Waals surface area contributed by atoms with Crippen LogP contribution in [0.1, 0.15) is 41.5 Å². The molecule has 0 amide bonds. The molecule has 2 heterocycles. The third-order valence-electron chi connectivity index (χ3n) is 5.41. The van der Waals surface area contributed by atoms with Gasteiger partial charge in [-0.1, -0.05) is 19.9 Å². The Kier molecular flexibility index (Phi) is 9.78. The minimum atomic E-state index is -0.181. The molecule has 7 heteroatoms. The van der Waals surface area contributed by atoms with E-state index < -0.39 is 0 Å². The van der Waals surface area contributed by atoms with E-state index in [2.05, 4.69) is 41.3 Å². The smallest absolute Gasteiger partial charge is 0.190 e. The highest BCUT2D eigenvalue weighted by Crippen LogP contribution is 2.25. The fraction of sp³-hybridized carbons (Fsp3) is 0.520. The lowest BCUT2D eigenvalue weighted by atomic mass is 9.92. The van der Waals surface area contributed by atoms with Gasteiger partial charge in [0.25, 0.3) is 0 Å². The summed E-state index contributed by atoms with van der Waals surface area (Å²) in [6, 6.07) is 5.69. The van der Waals surface area contributed by atoms with Crippen LogP contribution in [-0.4, -0.2) is 54.1 Å². The summed E-state index contributed by atoms with van der Waals surface area (Å²) in [5.41, 5.74) is 9.18. The molecule has 0 fully saturated rings. The Morgan fingerprint density at radius 3 is 2.69 bits per heavy atom. The predicted molar refractivity (Wildman–Crippen MR) is 131 cm³/mol. The summed E-state index contributed by atoms with van der Waals surface area (Å²) < 4.78 is 6.04. The van der Waals surface area contributed by atoms with Crippen molar-refractivity contribution in [2.45, 2.75) is 53.7 Å². The topological polar surface area (TPSA) is 92.5 Å². The number of nitrogens with one attached hydrogen (secondary N) is 2. The van der Waals surface area contributed by atoms with Crippen molar-refractivity contribution in [3.05, 3.63) is 59.2 Å². The minimum absolute atomic E-state index is 0.00266. The first-order valence-corrected chi connectivity index (χ1v) is 11.4. The number of nitrogens with two attached hydrogens (primary N) is 1. The molecule has 1 aromatic heterocycles. The summed E-state index contributed by atoms with van der Waals surface area (Å²) in [4.78, 5) is 19.3. The maximum Gasteiger partial charge on any atom is 0.190 e. The number of ketones is 1. The van der Waals surface area contributed by atoms with E-state index in [-0.39, 0.29) is 17.9 Å². The van der Waals surface area contributed by atoms with Crippen LogP contribution < -0.4 is 16.4 Å². The molecule has 2 unspecified atom stereocenters. The van der Waals surface area contributed by atoms with Crippen molar-refractivity contribution in [1.82, 2.24) is 15.2 Å². The zero-order valence-electron chi connectivity index (χ0n) is 20.3. The monoisotopic (exact) mass is 441 g/mol. The zero-order valence-corrected chi connectivity index (χ0v) is 20.3. The van der Waals surface area contributed by atoms with Gasteiger partial charge in [0, 0.05) is 61.2 Å². The van der Waals surface area contributed by atoms with E-state index in [0.717, 1.165) is 18.1 Å². The van der Waals surface area contributed by atoms with Crippen molar-refractivity contribution in [3.63, 3.8) is 0 Å². The fourth-order valence-electron chi connectivity index (χ4n) is 3.57. The first-order valence-electron chi connectivity index (χ1n) is 11.4. The zero-order chi connectivity index (χ0) is 23.7. The molecular formula is C25H39N5O2. The number of Topliss-reactive ketones (excluding diaryl/α,β-unsaturated/α-hetero) is 1. The second kappa shape index (κ2) is 12.3. The highest BCUT2D eigenvalue weighted by atomic mass is 16.5. The molecule has 0 saturated carbocycles. The summed E-state index contributed by atoms with van der Waals surface area (Å²) in [7, 11) is 0. The highest BCUT2D eigenvalue weighted by molar-refractivity contribution is 6.10. The van der Waals surface area contributed by atoms with Crippen molar-refractivity contribution in [2.75, 3.05) is 31.6 Å². The summed E-state index contributed by atoms with van der Waals surface area (Å²) >= 11 is 0. The van der Waals surface area contributed by atoms with Crippen molar-refractivity contribution < 1.29 is 9.53 Å². The number of carbonyl (C=O) groups excluding carboxylic acids is 1. The van der Waals surface area contributed by atoms with Crippen molar-refractivity contribution in [3.8, 4) is 0 Å². The van der Waals surface area contributed by atoms with E-state index in [0.29, 0.717) is 42.5 Å². The van der Waals surface area contributed by atoms with Crippen LogP contribution in [0.15, 0.2) is 59.2 Å². The van der Waals surface area contributed by atoms with Gasteiger partial charge >= 0.3 is 0 Å². The maximum absolute atomic E-state index is 12.9. The molecule has 1 aliphatic rings. The third-order valence-corrected chi connectivity index (χ3v) is 5.41. The summed E-state index contributed by atoms with van der Waals surface area (Å²) in [6.07, 6.45) is 5.36. The molecule has 2 atom stereocenters. The number of allylic oxidation sites excluding steroid dienone is 2. The first kappa shape index (κ1) is 25.5. The summed E-state index contributed by atoms with van der Waals surface area (Å²) in [6.45, 7) is 15.0. The maximum atomic E-state index is 12.9. The number of likely N-dealkylation sites (N-methyl/N-ethyl adjacent to an activating group) is 1. The number of hydrogen-bond acceptors (Lipinski definition) is 7. The largest absolute Gasteiger partial charge is 0.398 e. The van der Waals surface area contributed by atoms with Gasteiger partial charge in [0.15, 0.2) is 5.78 Å². The van der Waals surface area contributed by atoms with Crippen molar-refractivity contribution in [1.29, 1.82) is 0 Å². The normalized spacial score (nSPS) is 19.7. The standard InChI is InChI=1S/C25H39N5O2/c1-7-30-15-18(4)25(31)24(19(30)5)21(26)14-22(20(6)32-16-17(2)3)27-12-13-29-23-10-8-9-11-28-23/h8-11,14-15,17,19-20,27H,7,12-13,16,26H2,1-6H3,(H,28,29)/b22-14+,24-21-. The lowest BCUT2D eigenvalue weighted by molar-refractivity contribution is -0.113. The molecule has 0 radical (unpaired) electrons. The molecule has 32 heavy (non-hydrogen) atoms. The molecule has 176 valence electrons. The number of rotatable bonds is 11. The summed E-state index contributed by atoms with van der Waals surface area (Å²) in [5.74, 6) is 1.25. The van der Waals surface area contributed by atoms with Crippen molar-refractivity contribution in [2.24, 2.45) is 11.7 Å². The number of pyridine rings is 1. The Hall–Kier alpha value is -2.80. The van der Waals surface area contributed by atoms with Crippen molar-refractivity contribution >= 4 is 11.6 Å². The van der Waals surface area contributed by atoms with Gasteiger partial charge < -0.3 is 26.0 Å². The predicted octanol–water partition coefficient (Wildman–Crippen LogP) is 3.44. The van der Waals surface area contributed by atoms with Gasteiger partial charge in [0.1, 0.15) is 5.82 Å². The van der Waals surface area contributed by atoms with Crippen LogP contribution in [-0.2, 0) is 9.53 Å². The van der Waals surface area contributed by atoms with Crippen LogP contribution in [0.4, 0.5) is 5.82 Å². The molecule has 1 aromatic rings. The second-order valence-corrected chi connectivity index (χ2v) is 8.55. The van der Waals surface area contributed by atoms with E-state index in [9.17, 15) is 4.79 Å². The lowest BCUT2D eigenvalue weighted by Crippen LogP contribution is -2.39. The summed E-state index contributed by atoms with van der Waals surface area (Å²) in [5, 5.41) is 6.73. The quantitative estimate of drug-likeness (QED) is 0.358. The van der Waals surface area contributed by atoms with Gasteiger partial charge in [0.2, 0.25) is 0 Å². The number of nitrogens with zero attached hydrogens (tertiary/aromatic N) is 2. The first-order chi connectivity index (χ1) is 15.2. The molecule has 0 aromatic carbocycles. The van der Waals surface area contributed by atoms with Gasteiger partial charge in [-0.25, -0.2) is 4.98 Å². The second-order valence-electron chi connectivity index (χ2n) is 8.55. The van der Waals surface area contributed by atoms with Crippen LogP contribution >= 0.6 is 0 Å². The Labute approximate surface area is 192 Å². The van der Waals surface area contributed by atoms with Gasteiger partial charge in [-0.15, -0.1) is 0 Å². The Balaban J connectivity index is 2.21. The van der Waals surface area contributed by atoms with E-state index in [1.807, 2.05) is 51.2 Å². The third kappa shape index (κ3) is 7.12. The SMILES string of the molecule is CCN1C=C(C)C(=O)/C(=C(N)/C=C(/NCCNc2ccccn2)C(C)OCC(C)C)C1C. The average molecular weight is 442 g/mol. The average Bonchev–Trinajstić information content (AvgIpc) is 2.77. The van der Waals surface area contributed by atoms with E-state index in [1.54, 1.807) is 6.20 Å². The number of aromatic nitrogens is 1. The van der Waals surface area contributed by atoms with Crippen LogP contribution in [0.2, 0.25) is 0 Å². The van der Waals surface area contributed by atoms with Crippen LogP contribution in [0.3, 0.4) is 0 Å². The molecule has 2 rings (SSSR count). The lowest BCUT2D eigenvalue weighted by Gasteiger charge is -2.33.